The summed E-state index contributed by atoms with van der Waals surface area (Å²) in [6, 6.07) is 5.18. The van der Waals surface area contributed by atoms with E-state index in [9.17, 15) is 19.7 Å². The molecule has 7 nitrogen and oxygen atoms in total. The number of rotatable bonds is 8. The van der Waals surface area contributed by atoms with Gasteiger partial charge in [0, 0.05) is 12.1 Å². The Morgan fingerprint density at radius 3 is 2.73 bits per heavy atom. The molecule has 7 heteroatoms. The summed E-state index contributed by atoms with van der Waals surface area (Å²) in [6.07, 6.45) is 2.16. The van der Waals surface area contributed by atoms with Crippen molar-refractivity contribution in [2.45, 2.75) is 38.6 Å². The van der Waals surface area contributed by atoms with Gasteiger partial charge in [-0.2, -0.15) is 0 Å². The number of unbranched alkanes of at least 4 members (excludes halogenated alkanes) is 1. The Bertz CT molecular complexity index is 544. The highest BCUT2D eigenvalue weighted by Crippen LogP contribution is 2.13. The van der Waals surface area contributed by atoms with Crippen LogP contribution >= 0.6 is 0 Å². The lowest BCUT2D eigenvalue weighted by molar-refractivity contribution is -0.384. The Morgan fingerprint density at radius 2 is 2.14 bits per heavy atom. The van der Waals surface area contributed by atoms with Gasteiger partial charge in [0.2, 0.25) is 5.91 Å². The number of esters is 1. The maximum atomic E-state index is 12.0. The first-order valence-corrected chi connectivity index (χ1v) is 7.08. The molecule has 1 aromatic rings. The molecule has 0 fully saturated rings. The quantitative estimate of drug-likeness (QED) is 0.450. The normalized spacial score (nSPS) is 11.5. The monoisotopic (exact) mass is 308 g/mol. The molecule has 0 spiro atoms. The maximum absolute atomic E-state index is 12.0. The minimum Gasteiger partial charge on any atom is -0.467 e. The van der Waals surface area contributed by atoms with E-state index in [2.05, 4.69) is 10.1 Å². The van der Waals surface area contributed by atoms with Gasteiger partial charge in [0.1, 0.15) is 6.04 Å². The Balaban J connectivity index is 2.68. The number of ether oxygens (including phenoxy) is 1. The average molecular weight is 308 g/mol. The van der Waals surface area contributed by atoms with Gasteiger partial charge in [-0.05, 0) is 12.0 Å². The van der Waals surface area contributed by atoms with E-state index in [-0.39, 0.29) is 18.0 Å². The Hall–Kier alpha value is -2.44. The third kappa shape index (κ3) is 5.51. The molecular weight excluding hydrogens is 288 g/mol. The molecule has 1 atom stereocenters. The van der Waals surface area contributed by atoms with Gasteiger partial charge in [-0.3, -0.25) is 14.9 Å². The molecular formula is C15H20N2O5. The SMILES string of the molecule is CCCC[C@H](NC(=O)Cc1cccc([N+](=O)[O-])c1)C(=O)OC. The molecule has 0 heterocycles. The molecule has 0 aliphatic carbocycles. The highest BCUT2D eigenvalue weighted by atomic mass is 16.6. The third-order valence-corrected chi connectivity index (χ3v) is 3.15. The molecule has 1 aromatic carbocycles. The molecule has 1 amide bonds. The summed E-state index contributed by atoms with van der Waals surface area (Å²) in [7, 11) is 1.27. The largest absolute Gasteiger partial charge is 0.467 e. The van der Waals surface area contributed by atoms with Crippen molar-refractivity contribution >= 4 is 17.6 Å². The molecule has 0 saturated heterocycles. The van der Waals surface area contributed by atoms with Crippen molar-refractivity contribution in [2.75, 3.05) is 7.11 Å². The first kappa shape index (κ1) is 17.6. The number of non-ortho nitro benzene ring substituents is 1. The fourth-order valence-corrected chi connectivity index (χ4v) is 2.01. The lowest BCUT2D eigenvalue weighted by Gasteiger charge is -2.16. The zero-order valence-electron chi connectivity index (χ0n) is 12.7. The molecule has 0 unspecified atom stereocenters. The number of hydrogen-bond donors (Lipinski definition) is 1. The molecule has 0 saturated carbocycles. The molecule has 120 valence electrons. The summed E-state index contributed by atoms with van der Waals surface area (Å²) < 4.78 is 4.67. The molecule has 0 aromatic heterocycles. The van der Waals surface area contributed by atoms with Crippen molar-refractivity contribution in [3.8, 4) is 0 Å². The number of benzene rings is 1. The Kier molecular flexibility index (Phi) is 7.01. The lowest BCUT2D eigenvalue weighted by Crippen LogP contribution is -2.42. The van der Waals surface area contributed by atoms with Gasteiger partial charge in [0.25, 0.3) is 5.69 Å². The summed E-state index contributed by atoms with van der Waals surface area (Å²) in [5, 5.41) is 13.3. The Labute approximate surface area is 128 Å². The third-order valence-electron chi connectivity index (χ3n) is 3.15. The van der Waals surface area contributed by atoms with Crippen molar-refractivity contribution in [1.82, 2.24) is 5.32 Å². The minimum absolute atomic E-state index is 0.0265. The highest BCUT2D eigenvalue weighted by Gasteiger charge is 2.21. The second-order valence-electron chi connectivity index (χ2n) is 4.89. The molecule has 1 N–H and O–H groups in total. The van der Waals surface area contributed by atoms with Crippen LogP contribution in [0.4, 0.5) is 5.69 Å². The zero-order valence-corrected chi connectivity index (χ0v) is 12.7. The van der Waals surface area contributed by atoms with Crippen LogP contribution in [0.2, 0.25) is 0 Å². The van der Waals surface area contributed by atoms with Gasteiger partial charge in [0.05, 0.1) is 18.5 Å². The van der Waals surface area contributed by atoms with Crippen molar-refractivity contribution in [1.29, 1.82) is 0 Å². The number of nitro benzene ring substituents is 1. The summed E-state index contributed by atoms with van der Waals surface area (Å²) in [6.45, 7) is 1.99. The van der Waals surface area contributed by atoms with Crippen LogP contribution in [-0.2, 0) is 20.7 Å². The number of hydrogen-bond acceptors (Lipinski definition) is 5. The zero-order chi connectivity index (χ0) is 16.5. The van der Waals surface area contributed by atoms with E-state index in [0.717, 1.165) is 12.8 Å². The van der Waals surface area contributed by atoms with E-state index in [1.165, 1.54) is 25.3 Å². The van der Waals surface area contributed by atoms with Gasteiger partial charge < -0.3 is 10.1 Å². The van der Waals surface area contributed by atoms with E-state index < -0.39 is 16.9 Å². The van der Waals surface area contributed by atoms with E-state index in [4.69, 9.17) is 0 Å². The average Bonchev–Trinajstić information content (AvgIpc) is 2.50. The summed E-state index contributed by atoms with van der Waals surface area (Å²) in [5.74, 6) is -0.854. The molecule has 0 bridgehead atoms. The number of carbonyl (C=O) groups is 2. The number of nitrogens with one attached hydrogen (secondary N) is 1. The topological polar surface area (TPSA) is 98.5 Å². The van der Waals surface area contributed by atoms with Gasteiger partial charge in [-0.25, -0.2) is 4.79 Å². The van der Waals surface area contributed by atoms with E-state index in [1.54, 1.807) is 6.07 Å². The lowest BCUT2D eigenvalue weighted by atomic mass is 10.1. The van der Waals surface area contributed by atoms with Gasteiger partial charge in [-0.1, -0.05) is 31.9 Å². The molecule has 0 aliphatic rings. The van der Waals surface area contributed by atoms with Crippen LogP contribution < -0.4 is 5.32 Å². The Morgan fingerprint density at radius 1 is 1.41 bits per heavy atom. The number of amides is 1. The maximum Gasteiger partial charge on any atom is 0.328 e. The van der Waals surface area contributed by atoms with Crippen molar-refractivity contribution < 1.29 is 19.2 Å². The van der Waals surface area contributed by atoms with Crippen LogP contribution in [0.3, 0.4) is 0 Å². The van der Waals surface area contributed by atoms with E-state index in [1.807, 2.05) is 6.92 Å². The van der Waals surface area contributed by atoms with Crippen LogP contribution in [0.5, 0.6) is 0 Å². The number of methoxy groups -OCH3 is 1. The van der Waals surface area contributed by atoms with Crippen LogP contribution in [0.25, 0.3) is 0 Å². The summed E-state index contributed by atoms with van der Waals surface area (Å²) in [5.41, 5.74) is 0.451. The van der Waals surface area contributed by atoms with Gasteiger partial charge in [-0.15, -0.1) is 0 Å². The fourth-order valence-electron chi connectivity index (χ4n) is 2.01. The number of carbonyl (C=O) groups excluding carboxylic acids is 2. The van der Waals surface area contributed by atoms with E-state index >= 15 is 0 Å². The second kappa shape index (κ2) is 8.76. The van der Waals surface area contributed by atoms with Crippen molar-refractivity contribution in [3.63, 3.8) is 0 Å². The molecule has 0 radical (unpaired) electrons. The van der Waals surface area contributed by atoms with Crippen LogP contribution in [-0.4, -0.2) is 30.0 Å². The van der Waals surface area contributed by atoms with E-state index in [0.29, 0.717) is 12.0 Å². The second-order valence-corrected chi connectivity index (χ2v) is 4.89. The van der Waals surface area contributed by atoms with Gasteiger partial charge in [0.15, 0.2) is 0 Å². The molecule has 1 rings (SSSR count). The van der Waals surface area contributed by atoms with Crippen LogP contribution in [0.1, 0.15) is 31.7 Å². The van der Waals surface area contributed by atoms with Crippen LogP contribution in [0, 0.1) is 10.1 Å². The first-order valence-electron chi connectivity index (χ1n) is 7.08. The van der Waals surface area contributed by atoms with Crippen LogP contribution in [0.15, 0.2) is 24.3 Å². The number of nitro groups is 1. The molecule has 22 heavy (non-hydrogen) atoms. The smallest absolute Gasteiger partial charge is 0.328 e. The fraction of sp³-hybridized carbons (Fsp3) is 0.467. The number of nitrogens with zero attached hydrogens (tertiary/aromatic N) is 1. The predicted octanol–water partition coefficient (Wildman–Crippen LogP) is 1.99. The van der Waals surface area contributed by atoms with Crippen molar-refractivity contribution in [2.24, 2.45) is 0 Å². The standard InChI is InChI=1S/C15H20N2O5/c1-3-4-8-13(15(19)22-2)16-14(18)10-11-6-5-7-12(9-11)17(20)21/h5-7,9,13H,3-4,8,10H2,1-2H3,(H,16,18)/t13-/m0/s1. The summed E-state index contributed by atoms with van der Waals surface area (Å²) in [4.78, 5) is 33.8. The van der Waals surface area contributed by atoms with Crippen molar-refractivity contribution in [3.05, 3.63) is 39.9 Å². The molecule has 0 aliphatic heterocycles. The highest BCUT2D eigenvalue weighted by molar-refractivity contribution is 5.85. The minimum atomic E-state index is -0.684. The summed E-state index contributed by atoms with van der Waals surface area (Å²) >= 11 is 0. The first-order chi connectivity index (χ1) is 10.5. The van der Waals surface area contributed by atoms with Gasteiger partial charge >= 0.3 is 5.97 Å². The predicted molar refractivity (Wildman–Crippen MR) is 80.3 cm³/mol.